The molecule has 2 aromatic rings. The molecule has 0 radical (unpaired) electrons. The van der Waals surface area contributed by atoms with Crippen LogP contribution in [-0.2, 0) is 20.9 Å². The van der Waals surface area contributed by atoms with E-state index in [2.05, 4.69) is 65.5 Å². The molecule has 128 valence electrons. The van der Waals surface area contributed by atoms with E-state index in [0.29, 0.717) is 6.73 Å². The highest BCUT2D eigenvalue weighted by Gasteiger charge is 2.19. The molecule has 1 aromatic carbocycles. The standard InChI is InChI=1S/C16H25IN2O3Si/c1-20-16(21-2)15-13-7-6-12(17)10-14(13)19(18-15)11-22-8-9-23(3,4)5/h6-7,10,16H,8-9,11H2,1-5H3. The lowest BCUT2D eigenvalue weighted by molar-refractivity contribution is -0.108. The molecule has 0 atom stereocenters. The summed E-state index contributed by atoms with van der Waals surface area (Å²) in [6.45, 7) is 8.27. The van der Waals surface area contributed by atoms with E-state index in [4.69, 9.17) is 14.2 Å². The molecule has 1 heterocycles. The Hall–Kier alpha value is -0.483. The Balaban J connectivity index is 2.23. The van der Waals surface area contributed by atoms with Crippen molar-refractivity contribution in [3.63, 3.8) is 0 Å². The first-order chi connectivity index (χ1) is 10.9. The van der Waals surface area contributed by atoms with Gasteiger partial charge >= 0.3 is 0 Å². The number of hydrogen-bond acceptors (Lipinski definition) is 4. The van der Waals surface area contributed by atoms with Crippen LogP contribution in [0.2, 0.25) is 25.7 Å². The monoisotopic (exact) mass is 448 g/mol. The van der Waals surface area contributed by atoms with Gasteiger partial charge in [-0.3, -0.25) is 0 Å². The fourth-order valence-electron chi connectivity index (χ4n) is 2.29. The lowest BCUT2D eigenvalue weighted by atomic mass is 10.2. The predicted octanol–water partition coefficient (Wildman–Crippen LogP) is 4.24. The van der Waals surface area contributed by atoms with Gasteiger partial charge in [0, 0.05) is 37.9 Å². The van der Waals surface area contributed by atoms with Crippen molar-refractivity contribution in [3.05, 3.63) is 27.5 Å². The minimum atomic E-state index is -1.08. The van der Waals surface area contributed by atoms with Gasteiger partial charge in [0.25, 0.3) is 0 Å². The van der Waals surface area contributed by atoms with E-state index in [-0.39, 0.29) is 0 Å². The SMILES string of the molecule is COC(OC)c1nn(COCC[Si](C)(C)C)c2cc(I)ccc12. The molecule has 1 aromatic heterocycles. The number of rotatable bonds is 8. The smallest absolute Gasteiger partial charge is 0.203 e. The van der Waals surface area contributed by atoms with Crippen molar-refractivity contribution < 1.29 is 14.2 Å². The molecule has 0 aliphatic rings. The van der Waals surface area contributed by atoms with Crippen molar-refractivity contribution in [3.8, 4) is 0 Å². The molecule has 0 N–H and O–H groups in total. The molecule has 0 saturated heterocycles. The number of benzene rings is 1. The predicted molar refractivity (Wildman–Crippen MR) is 103 cm³/mol. The Morgan fingerprint density at radius 1 is 1.22 bits per heavy atom. The number of ether oxygens (including phenoxy) is 3. The Morgan fingerprint density at radius 2 is 1.91 bits per heavy atom. The number of hydrogen-bond donors (Lipinski definition) is 0. The molecule has 0 bridgehead atoms. The third kappa shape index (κ3) is 4.99. The van der Waals surface area contributed by atoms with E-state index in [1.807, 2.05) is 4.68 Å². The highest BCUT2D eigenvalue weighted by Crippen LogP contribution is 2.27. The van der Waals surface area contributed by atoms with Crippen molar-refractivity contribution in [2.75, 3.05) is 20.8 Å². The second-order valence-corrected chi connectivity index (χ2v) is 13.6. The summed E-state index contributed by atoms with van der Waals surface area (Å²) in [6.07, 6.45) is -0.471. The fourth-order valence-corrected chi connectivity index (χ4v) is 3.53. The number of nitrogens with zero attached hydrogens (tertiary/aromatic N) is 2. The summed E-state index contributed by atoms with van der Waals surface area (Å²) in [6, 6.07) is 7.38. The van der Waals surface area contributed by atoms with Crippen molar-refractivity contribution in [2.45, 2.75) is 38.7 Å². The molecule has 0 spiro atoms. The van der Waals surface area contributed by atoms with Gasteiger partial charge in [-0.15, -0.1) is 0 Å². The number of aromatic nitrogens is 2. The van der Waals surface area contributed by atoms with Gasteiger partial charge < -0.3 is 14.2 Å². The van der Waals surface area contributed by atoms with Crippen molar-refractivity contribution in [2.24, 2.45) is 0 Å². The molecular formula is C16H25IN2O3Si. The van der Waals surface area contributed by atoms with E-state index in [1.54, 1.807) is 14.2 Å². The van der Waals surface area contributed by atoms with Gasteiger partial charge in [0.05, 0.1) is 5.52 Å². The Labute approximate surface area is 152 Å². The highest BCUT2D eigenvalue weighted by atomic mass is 127. The van der Waals surface area contributed by atoms with E-state index in [9.17, 15) is 0 Å². The Morgan fingerprint density at radius 3 is 2.52 bits per heavy atom. The Kier molecular flexibility index (Phi) is 6.61. The van der Waals surface area contributed by atoms with Gasteiger partial charge in [0.2, 0.25) is 6.29 Å². The van der Waals surface area contributed by atoms with E-state index in [1.165, 1.54) is 0 Å². The zero-order chi connectivity index (χ0) is 17.0. The lowest BCUT2D eigenvalue weighted by Gasteiger charge is -2.15. The van der Waals surface area contributed by atoms with Gasteiger partial charge in [0.1, 0.15) is 12.4 Å². The normalized spacial score (nSPS) is 12.5. The first-order valence-corrected chi connectivity index (χ1v) is 12.4. The number of fused-ring (bicyclic) bond motifs is 1. The van der Waals surface area contributed by atoms with Crippen LogP contribution in [0.1, 0.15) is 12.0 Å². The topological polar surface area (TPSA) is 45.5 Å². The van der Waals surface area contributed by atoms with Crippen LogP contribution in [0.3, 0.4) is 0 Å². The van der Waals surface area contributed by atoms with Crippen molar-refractivity contribution in [1.82, 2.24) is 9.78 Å². The summed E-state index contributed by atoms with van der Waals surface area (Å²) in [5, 5.41) is 5.69. The van der Waals surface area contributed by atoms with Crippen LogP contribution in [0.4, 0.5) is 0 Å². The second-order valence-electron chi connectivity index (χ2n) is 6.70. The zero-order valence-corrected chi connectivity index (χ0v) is 17.6. The summed E-state index contributed by atoms with van der Waals surface area (Å²) in [7, 11) is 2.16. The lowest BCUT2D eigenvalue weighted by Crippen LogP contribution is -2.22. The van der Waals surface area contributed by atoms with Crippen LogP contribution in [-0.4, -0.2) is 38.7 Å². The molecule has 0 fully saturated rings. The number of halogens is 1. The molecular weight excluding hydrogens is 423 g/mol. The summed E-state index contributed by atoms with van der Waals surface area (Å²) in [4.78, 5) is 0. The maximum absolute atomic E-state index is 5.86. The summed E-state index contributed by atoms with van der Waals surface area (Å²) < 4.78 is 19.7. The third-order valence-electron chi connectivity index (χ3n) is 3.60. The zero-order valence-electron chi connectivity index (χ0n) is 14.4. The first-order valence-electron chi connectivity index (χ1n) is 7.65. The molecule has 0 unspecified atom stereocenters. The molecule has 7 heteroatoms. The van der Waals surface area contributed by atoms with Gasteiger partial charge in [-0.05, 0) is 46.8 Å². The summed E-state index contributed by atoms with van der Waals surface area (Å²) in [5.74, 6) is 0. The van der Waals surface area contributed by atoms with Crippen LogP contribution in [0.5, 0.6) is 0 Å². The van der Waals surface area contributed by atoms with E-state index >= 15 is 0 Å². The van der Waals surface area contributed by atoms with Crippen molar-refractivity contribution >= 4 is 41.6 Å². The summed E-state index contributed by atoms with van der Waals surface area (Å²) >= 11 is 2.31. The maximum atomic E-state index is 5.86. The number of methoxy groups -OCH3 is 2. The van der Waals surface area contributed by atoms with Crippen LogP contribution >= 0.6 is 22.6 Å². The van der Waals surface area contributed by atoms with Crippen LogP contribution in [0.15, 0.2) is 18.2 Å². The van der Waals surface area contributed by atoms with Gasteiger partial charge in [-0.1, -0.05) is 19.6 Å². The maximum Gasteiger partial charge on any atom is 0.203 e. The Bertz CT molecular complexity index is 651. The molecule has 23 heavy (non-hydrogen) atoms. The van der Waals surface area contributed by atoms with Gasteiger partial charge in [0.15, 0.2) is 0 Å². The molecule has 0 aliphatic carbocycles. The second kappa shape index (κ2) is 8.06. The van der Waals surface area contributed by atoms with Gasteiger partial charge in [-0.25, -0.2) is 4.68 Å². The molecule has 5 nitrogen and oxygen atoms in total. The van der Waals surface area contributed by atoms with Crippen LogP contribution in [0, 0.1) is 3.57 Å². The van der Waals surface area contributed by atoms with E-state index in [0.717, 1.165) is 32.8 Å². The quantitative estimate of drug-likeness (QED) is 0.262. The first kappa shape index (κ1) is 18.8. The molecule has 0 amide bonds. The van der Waals surface area contributed by atoms with E-state index < -0.39 is 14.4 Å². The average molecular weight is 448 g/mol. The molecule has 0 saturated carbocycles. The fraction of sp³-hybridized carbons (Fsp3) is 0.562. The largest absolute Gasteiger partial charge is 0.360 e. The minimum Gasteiger partial charge on any atom is -0.360 e. The minimum absolute atomic E-state index is 0.446. The summed E-state index contributed by atoms with van der Waals surface area (Å²) in [5.41, 5.74) is 1.83. The van der Waals surface area contributed by atoms with Gasteiger partial charge in [-0.2, -0.15) is 5.10 Å². The molecule has 0 aliphatic heterocycles. The third-order valence-corrected chi connectivity index (χ3v) is 5.98. The van der Waals surface area contributed by atoms with Crippen molar-refractivity contribution in [1.29, 1.82) is 0 Å². The highest BCUT2D eigenvalue weighted by molar-refractivity contribution is 14.1. The van der Waals surface area contributed by atoms with Crippen LogP contribution in [0.25, 0.3) is 10.9 Å². The molecule has 2 rings (SSSR count). The van der Waals surface area contributed by atoms with Crippen LogP contribution < -0.4 is 0 Å². The average Bonchev–Trinajstić information content (AvgIpc) is 2.82.